The van der Waals surface area contributed by atoms with Gasteiger partial charge in [-0.05, 0) is 86.4 Å². The molecular formula is C30H38N2O4. The molecule has 1 fully saturated rings. The van der Waals surface area contributed by atoms with E-state index in [1.165, 1.54) is 31.8 Å². The summed E-state index contributed by atoms with van der Waals surface area (Å²) in [4.78, 5) is 24.7. The zero-order valence-corrected chi connectivity index (χ0v) is 21.0. The number of carbonyl (C=O) groups is 2. The molecule has 1 aliphatic rings. The number of esters is 2. The molecule has 0 amide bonds. The van der Waals surface area contributed by atoms with E-state index >= 15 is 0 Å². The Bertz CT molecular complexity index is 1040. The number of hydrogen-bond donors (Lipinski definition) is 2. The third-order valence-corrected chi connectivity index (χ3v) is 6.75. The molecule has 192 valence electrons. The molecule has 6 heteroatoms. The fourth-order valence-electron chi connectivity index (χ4n) is 4.54. The summed E-state index contributed by atoms with van der Waals surface area (Å²) >= 11 is 0. The van der Waals surface area contributed by atoms with E-state index in [1.54, 1.807) is 48.5 Å². The molecule has 6 nitrogen and oxygen atoms in total. The van der Waals surface area contributed by atoms with E-state index in [9.17, 15) is 9.59 Å². The van der Waals surface area contributed by atoms with Crippen molar-refractivity contribution >= 4 is 29.4 Å². The fourth-order valence-corrected chi connectivity index (χ4v) is 4.54. The maximum absolute atomic E-state index is 12.6. The van der Waals surface area contributed by atoms with Crippen molar-refractivity contribution < 1.29 is 19.1 Å². The largest absolute Gasteiger partial charge is 0.458 e. The quantitative estimate of drug-likeness (QED) is 0.0884. The fraction of sp³-hybridized carbons (Fsp3) is 0.400. The van der Waals surface area contributed by atoms with Gasteiger partial charge >= 0.3 is 11.9 Å². The summed E-state index contributed by atoms with van der Waals surface area (Å²) < 4.78 is 10.9. The molecule has 0 bridgehead atoms. The Hall–Kier alpha value is -3.54. The van der Waals surface area contributed by atoms with Crippen molar-refractivity contribution in [2.24, 2.45) is 11.8 Å². The Kier molecular flexibility index (Phi) is 10.6. The zero-order chi connectivity index (χ0) is 25.8. The normalized spacial score (nSPS) is 17.6. The number of nitrogens with two attached hydrogens (primary N) is 2. The van der Waals surface area contributed by atoms with Gasteiger partial charge in [0.1, 0.15) is 12.4 Å². The van der Waals surface area contributed by atoms with E-state index in [4.69, 9.17) is 20.9 Å². The predicted octanol–water partition coefficient (Wildman–Crippen LogP) is 6.46. The predicted molar refractivity (Wildman–Crippen MR) is 145 cm³/mol. The minimum Gasteiger partial charge on any atom is -0.458 e. The molecular weight excluding hydrogens is 452 g/mol. The first-order chi connectivity index (χ1) is 17.4. The molecule has 36 heavy (non-hydrogen) atoms. The lowest BCUT2D eigenvalue weighted by Crippen LogP contribution is -2.25. The number of allylic oxidation sites excluding steroid dienone is 1. The summed E-state index contributed by atoms with van der Waals surface area (Å²) in [5, 5.41) is 0. The lowest BCUT2D eigenvalue weighted by Gasteiger charge is -2.27. The van der Waals surface area contributed by atoms with Crippen molar-refractivity contribution in [3.63, 3.8) is 0 Å². The van der Waals surface area contributed by atoms with Crippen LogP contribution in [0.25, 0.3) is 6.08 Å². The van der Waals surface area contributed by atoms with E-state index in [2.05, 4.69) is 6.58 Å². The van der Waals surface area contributed by atoms with Gasteiger partial charge in [0.25, 0.3) is 0 Å². The first kappa shape index (κ1) is 27.1. The number of carbonyl (C=O) groups excluding carboxylic acids is 2. The molecule has 2 aromatic carbocycles. The standard InChI is InChI=1S/C30H38N2O4/c1-2-3-4-5-6-7-22-8-13-24(14-9-22)30(34)36-27-16-10-23(11-17-27)12-19-29(33)35-21-25-20-26(31)15-18-28(25)32/h2,10-12,15-20,22,24H,1,3-9,13-14,21,31-32H2/b19-12+. The van der Waals surface area contributed by atoms with E-state index in [0.29, 0.717) is 22.7 Å². The number of nitrogen functional groups attached to an aromatic ring is 2. The topological polar surface area (TPSA) is 105 Å². The Morgan fingerprint density at radius 1 is 0.972 bits per heavy atom. The Morgan fingerprint density at radius 3 is 2.44 bits per heavy atom. The number of hydrogen-bond acceptors (Lipinski definition) is 6. The summed E-state index contributed by atoms with van der Waals surface area (Å²) in [5.74, 6) is 0.595. The van der Waals surface area contributed by atoms with Crippen LogP contribution < -0.4 is 16.2 Å². The highest BCUT2D eigenvalue weighted by atomic mass is 16.5. The molecule has 4 N–H and O–H groups in total. The van der Waals surface area contributed by atoms with E-state index in [0.717, 1.165) is 43.6 Å². The number of unbranched alkanes of at least 4 members (excludes halogenated alkanes) is 3. The van der Waals surface area contributed by atoms with Gasteiger partial charge in [-0.2, -0.15) is 0 Å². The van der Waals surface area contributed by atoms with Gasteiger partial charge in [0.05, 0.1) is 5.92 Å². The Balaban J connectivity index is 1.38. The Labute approximate surface area is 214 Å². The van der Waals surface area contributed by atoms with Crippen molar-refractivity contribution in [1.82, 2.24) is 0 Å². The summed E-state index contributed by atoms with van der Waals surface area (Å²) in [6.07, 6.45) is 15.1. The summed E-state index contributed by atoms with van der Waals surface area (Å²) in [6.45, 7) is 3.82. The van der Waals surface area contributed by atoms with Crippen LogP contribution >= 0.6 is 0 Å². The average molecular weight is 491 g/mol. The summed E-state index contributed by atoms with van der Waals surface area (Å²) in [6, 6.07) is 12.1. The molecule has 0 heterocycles. The number of rotatable bonds is 12. The second-order valence-electron chi connectivity index (χ2n) is 9.53. The SMILES string of the molecule is C=CCCCCCC1CCC(C(=O)Oc2ccc(/C=C/C(=O)OCc3cc(N)ccc3N)cc2)CC1. The maximum atomic E-state index is 12.6. The van der Waals surface area contributed by atoms with Crippen LogP contribution in [-0.4, -0.2) is 11.9 Å². The van der Waals surface area contributed by atoms with Gasteiger partial charge < -0.3 is 20.9 Å². The molecule has 0 aliphatic heterocycles. The smallest absolute Gasteiger partial charge is 0.331 e. The van der Waals surface area contributed by atoms with Crippen molar-refractivity contribution in [2.75, 3.05) is 11.5 Å². The molecule has 0 radical (unpaired) electrons. The van der Waals surface area contributed by atoms with Crippen LogP contribution in [0.3, 0.4) is 0 Å². The van der Waals surface area contributed by atoms with Crippen LogP contribution in [0, 0.1) is 11.8 Å². The molecule has 0 unspecified atom stereocenters. The molecule has 2 aromatic rings. The van der Waals surface area contributed by atoms with Crippen LogP contribution in [-0.2, 0) is 20.9 Å². The molecule has 3 rings (SSSR count). The van der Waals surface area contributed by atoms with E-state index in [-0.39, 0.29) is 18.5 Å². The van der Waals surface area contributed by atoms with Gasteiger partial charge in [-0.25, -0.2) is 4.79 Å². The van der Waals surface area contributed by atoms with Gasteiger partial charge in [-0.1, -0.05) is 37.5 Å². The highest BCUT2D eigenvalue weighted by Gasteiger charge is 2.27. The van der Waals surface area contributed by atoms with Gasteiger partial charge in [0.15, 0.2) is 0 Å². The molecule has 0 atom stereocenters. The first-order valence-corrected chi connectivity index (χ1v) is 12.9. The minimum atomic E-state index is -0.486. The molecule has 0 spiro atoms. The number of anilines is 2. The van der Waals surface area contributed by atoms with Crippen LogP contribution in [0.2, 0.25) is 0 Å². The highest BCUT2D eigenvalue weighted by molar-refractivity contribution is 5.87. The molecule has 1 saturated carbocycles. The third-order valence-electron chi connectivity index (χ3n) is 6.75. The number of benzene rings is 2. The summed E-state index contributed by atoms with van der Waals surface area (Å²) in [7, 11) is 0. The van der Waals surface area contributed by atoms with Crippen molar-refractivity contribution in [3.05, 3.63) is 72.3 Å². The second-order valence-corrected chi connectivity index (χ2v) is 9.53. The molecule has 0 saturated heterocycles. The third kappa shape index (κ3) is 8.91. The van der Waals surface area contributed by atoms with Crippen molar-refractivity contribution in [3.8, 4) is 5.75 Å². The van der Waals surface area contributed by atoms with Crippen LogP contribution in [0.4, 0.5) is 11.4 Å². The highest BCUT2D eigenvalue weighted by Crippen LogP contribution is 2.33. The van der Waals surface area contributed by atoms with Crippen LogP contribution in [0.5, 0.6) is 5.75 Å². The van der Waals surface area contributed by atoms with Crippen molar-refractivity contribution in [2.45, 2.75) is 64.4 Å². The zero-order valence-electron chi connectivity index (χ0n) is 21.0. The number of ether oxygens (including phenoxy) is 2. The summed E-state index contributed by atoms with van der Waals surface area (Å²) in [5.41, 5.74) is 14.2. The van der Waals surface area contributed by atoms with E-state index in [1.807, 2.05) is 6.08 Å². The van der Waals surface area contributed by atoms with Gasteiger partial charge in [-0.3, -0.25) is 4.79 Å². The van der Waals surface area contributed by atoms with Gasteiger partial charge in [0, 0.05) is 23.0 Å². The Morgan fingerprint density at radius 2 is 1.72 bits per heavy atom. The maximum Gasteiger partial charge on any atom is 0.331 e. The monoisotopic (exact) mass is 490 g/mol. The second kappa shape index (κ2) is 14.1. The van der Waals surface area contributed by atoms with Crippen LogP contribution in [0.15, 0.2) is 61.2 Å². The van der Waals surface area contributed by atoms with E-state index < -0.39 is 5.97 Å². The van der Waals surface area contributed by atoms with Gasteiger partial charge in [0.2, 0.25) is 0 Å². The first-order valence-electron chi connectivity index (χ1n) is 12.9. The lowest BCUT2D eigenvalue weighted by atomic mass is 9.80. The molecule has 0 aromatic heterocycles. The van der Waals surface area contributed by atoms with Gasteiger partial charge in [-0.15, -0.1) is 6.58 Å². The van der Waals surface area contributed by atoms with Crippen LogP contribution in [0.1, 0.15) is 68.9 Å². The minimum absolute atomic E-state index is 0.0228. The lowest BCUT2D eigenvalue weighted by molar-refractivity contribution is -0.140. The average Bonchev–Trinajstić information content (AvgIpc) is 2.89. The molecule has 1 aliphatic carbocycles. The van der Waals surface area contributed by atoms with Crippen molar-refractivity contribution in [1.29, 1.82) is 0 Å².